The minimum atomic E-state index is -0.279. The molecule has 2 amide bonds. The molecule has 26 heavy (non-hydrogen) atoms. The molecule has 0 aromatic heterocycles. The van der Waals surface area contributed by atoms with E-state index in [1.807, 2.05) is 24.8 Å². The van der Waals surface area contributed by atoms with E-state index in [-0.39, 0.29) is 36.1 Å². The van der Waals surface area contributed by atoms with E-state index < -0.39 is 0 Å². The third-order valence-corrected chi connectivity index (χ3v) is 5.77. The first-order chi connectivity index (χ1) is 12.6. The van der Waals surface area contributed by atoms with Gasteiger partial charge in [-0.25, -0.2) is 4.39 Å². The van der Waals surface area contributed by atoms with Gasteiger partial charge in [-0.1, -0.05) is 39.2 Å². The van der Waals surface area contributed by atoms with Gasteiger partial charge in [0.1, 0.15) is 5.82 Å². The average Bonchev–Trinajstić information content (AvgIpc) is 2.69. The zero-order valence-corrected chi connectivity index (χ0v) is 15.8. The van der Waals surface area contributed by atoms with Crippen LogP contribution in [0.25, 0.3) is 0 Å². The van der Waals surface area contributed by atoms with Crippen molar-refractivity contribution in [1.82, 2.24) is 9.80 Å². The van der Waals surface area contributed by atoms with Gasteiger partial charge in [0.25, 0.3) is 0 Å². The second-order valence-corrected chi connectivity index (χ2v) is 7.25. The third kappa shape index (κ3) is 3.62. The Hall–Kier alpha value is -1.91. The van der Waals surface area contributed by atoms with Crippen molar-refractivity contribution in [2.75, 3.05) is 19.6 Å². The molecule has 1 aromatic carbocycles. The molecular formula is C21H29FN2O2. The van der Waals surface area contributed by atoms with Crippen LogP contribution in [-0.4, -0.2) is 41.2 Å². The number of carbonyl (C=O) groups is 2. The monoisotopic (exact) mass is 360 g/mol. The molecule has 4 nitrogen and oxygen atoms in total. The molecule has 2 fully saturated rings. The summed E-state index contributed by atoms with van der Waals surface area (Å²) in [6, 6.07) is 4.63. The maximum Gasteiger partial charge on any atom is 0.242 e. The van der Waals surface area contributed by atoms with E-state index in [4.69, 9.17) is 0 Å². The number of nitrogens with zero attached hydrogens (tertiary/aromatic N) is 2. The molecule has 1 aliphatic carbocycles. The topological polar surface area (TPSA) is 40.6 Å². The van der Waals surface area contributed by atoms with Crippen molar-refractivity contribution in [3.63, 3.8) is 0 Å². The van der Waals surface area contributed by atoms with Crippen molar-refractivity contribution in [2.24, 2.45) is 5.92 Å². The second-order valence-electron chi connectivity index (χ2n) is 7.25. The van der Waals surface area contributed by atoms with Gasteiger partial charge in [-0.15, -0.1) is 0 Å². The molecule has 2 aliphatic heterocycles. The molecular weight excluding hydrogens is 331 g/mol. The normalized spacial score (nSPS) is 22.9. The van der Waals surface area contributed by atoms with Gasteiger partial charge in [0.05, 0.1) is 12.6 Å². The molecule has 0 N–H and O–H groups in total. The van der Waals surface area contributed by atoms with E-state index in [1.165, 1.54) is 18.6 Å². The maximum atomic E-state index is 13.7. The van der Waals surface area contributed by atoms with Gasteiger partial charge in [-0.2, -0.15) is 0 Å². The van der Waals surface area contributed by atoms with Crippen LogP contribution < -0.4 is 0 Å². The molecule has 3 aliphatic rings. The summed E-state index contributed by atoms with van der Waals surface area (Å²) < 4.78 is 13.7. The number of amides is 2. The number of fused-ring (bicyclic) bond motifs is 3. The lowest BCUT2D eigenvalue weighted by Gasteiger charge is -2.45. The number of benzene rings is 1. The molecule has 1 saturated carbocycles. The van der Waals surface area contributed by atoms with Crippen LogP contribution in [0.3, 0.4) is 0 Å². The molecule has 1 aromatic rings. The average molecular weight is 360 g/mol. The standard InChI is InChI=1S/C19H23FN2O2.C2H6/c20-15-7-6-13-8-9-22-17(16(13)10-15)11-21(12-18(22)23)19(24)14-4-2-1-3-5-14;1-2/h6-7,10,14,17H,1-5,8-9,11-12H2;1-2H3. The lowest BCUT2D eigenvalue weighted by molar-refractivity contribution is -0.152. The Morgan fingerprint density at radius 2 is 1.88 bits per heavy atom. The Morgan fingerprint density at radius 3 is 2.62 bits per heavy atom. The summed E-state index contributed by atoms with van der Waals surface area (Å²) >= 11 is 0. The number of hydrogen-bond donors (Lipinski definition) is 0. The van der Waals surface area contributed by atoms with Crippen LogP contribution in [-0.2, 0) is 16.0 Å². The lowest BCUT2D eigenvalue weighted by atomic mass is 9.86. The predicted molar refractivity (Wildman–Crippen MR) is 99.1 cm³/mol. The highest BCUT2D eigenvalue weighted by Crippen LogP contribution is 2.35. The molecule has 0 radical (unpaired) electrons. The zero-order chi connectivity index (χ0) is 18.7. The van der Waals surface area contributed by atoms with E-state index in [0.717, 1.165) is 43.2 Å². The first-order valence-corrected chi connectivity index (χ1v) is 10.00. The Bertz CT molecular complexity index is 670. The van der Waals surface area contributed by atoms with Crippen LogP contribution in [0, 0.1) is 11.7 Å². The van der Waals surface area contributed by atoms with Gasteiger partial charge in [-0.05, 0) is 42.5 Å². The number of hydrogen-bond acceptors (Lipinski definition) is 2. The fraction of sp³-hybridized carbons (Fsp3) is 0.619. The number of rotatable bonds is 1. The van der Waals surface area contributed by atoms with E-state index in [1.54, 1.807) is 4.90 Å². The predicted octanol–water partition coefficient (Wildman–Crippen LogP) is 3.70. The van der Waals surface area contributed by atoms with Crippen molar-refractivity contribution in [3.05, 3.63) is 35.1 Å². The van der Waals surface area contributed by atoms with Crippen LogP contribution in [0.5, 0.6) is 0 Å². The number of piperazine rings is 1. The summed E-state index contributed by atoms with van der Waals surface area (Å²) in [7, 11) is 0. The van der Waals surface area contributed by atoms with E-state index >= 15 is 0 Å². The largest absolute Gasteiger partial charge is 0.332 e. The fourth-order valence-corrected chi connectivity index (χ4v) is 4.47. The number of carbonyl (C=O) groups excluding carboxylic acids is 2. The van der Waals surface area contributed by atoms with Crippen LogP contribution in [0.1, 0.15) is 63.1 Å². The molecule has 4 rings (SSSR count). The summed E-state index contributed by atoms with van der Waals surface area (Å²) in [5.74, 6) is -0.107. The summed E-state index contributed by atoms with van der Waals surface area (Å²) in [6.07, 6.45) is 6.02. The highest BCUT2D eigenvalue weighted by Gasteiger charge is 2.40. The van der Waals surface area contributed by atoms with Crippen molar-refractivity contribution in [3.8, 4) is 0 Å². The SMILES string of the molecule is CC.O=C(C1CCCCC1)N1CC(=O)N2CCc3ccc(F)cc3C2C1. The fourth-order valence-electron chi connectivity index (χ4n) is 4.47. The van der Waals surface area contributed by atoms with Crippen LogP contribution in [0.2, 0.25) is 0 Å². The Labute approximate surface area is 155 Å². The van der Waals surface area contributed by atoms with Gasteiger partial charge in [0.15, 0.2) is 0 Å². The summed E-state index contributed by atoms with van der Waals surface area (Å²) in [5.41, 5.74) is 1.97. The molecule has 1 saturated heterocycles. The van der Waals surface area contributed by atoms with Gasteiger partial charge < -0.3 is 9.80 Å². The molecule has 0 spiro atoms. The van der Waals surface area contributed by atoms with Crippen LogP contribution >= 0.6 is 0 Å². The summed E-state index contributed by atoms with van der Waals surface area (Å²) in [6.45, 7) is 5.33. The number of halogens is 1. The van der Waals surface area contributed by atoms with Crippen molar-refractivity contribution < 1.29 is 14.0 Å². The minimum Gasteiger partial charge on any atom is -0.332 e. The molecule has 1 atom stereocenters. The van der Waals surface area contributed by atoms with Crippen molar-refractivity contribution in [1.29, 1.82) is 0 Å². The molecule has 2 heterocycles. The van der Waals surface area contributed by atoms with Crippen molar-refractivity contribution in [2.45, 2.75) is 58.4 Å². The van der Waals surface area contributed by atoms with Gasteiger partial charge >= 0.3 is 0 Å². The smallest absolute Gasteiger partial charge is 0.242 e. The highest BCUT2D eigenvalue weighted by molar-refractivity contribution is 5.87. The second kappa shape index (κ2) is 8.19. The summed E-state index contributed by atoms with van der Waals surface area (Å²) in [4.78, 5) is 28.9. The van der Waals surface area contributed by atoms with Gasteiger partial charge in [0, 0.05) is 19.0 Å². The summed E-state index contributed by atoms with van der Waals surface area (Å²) in [5, 5.41) is 0. The third-order valence-electron chi connectivity index (χ3n) is 5.77. The maximum absolute atomic E-state index is 13.7. The highest BCUT2D eigenvalue weighted by atomic mass is 19.1. The van der Waals surface area contributed by atoms with E-state index in [9.17, 15) is 14.0 Å². The van der Waals surface area contributed by atoms with Crippen LogP contribution in [0.4, 0.5) is 4.39 Å². The zero-order valence-electron chi connectivity index (χ0n) is 15.8. The van der Waals surface area contributed by atoms with Gasteiger partial charge in [0.2, 0.25) is 11.8 Å². The quantitative estimate of drug-likeness (QED) is 0.766. The van der Waals surface area contributed by atoms with E-state index in [2.05, 4.69) is 0 Å². The minimum absolute atomic E-state index is 0.00896. The van der Waals surface area contributed by atoms with Crippen LogP contribution in [0.15, 0.2) is 18.2 Å². The Kier molecular flexibility index (Phi) is 5.94. The Balaban J connectivity index is 0.000000948. The molecule has 1 unspecified atom stereocenters. The first kappa shape index (κ1) is 18.9. The van der Waals surface area contributed by atoms with Crippen molar-refractivity contribution >= 4 is 11.8 Å². The molecule has 5 heteroatoms. The first-order valence-electron chi connectivity index (χ1n) is 10.00. The molecule has 142 valence electrons. The Morgan fingerprint density at radius 1 is 1.15 bits per heavy atom. The lowest BCUT2D eigenvalue weighted by Crippen LogP contribution is -2.56. The van der Waals surface area contributed by atoms with E-state index in [0.29, 0.717) is 13.1 Å². The van der Waals surface area contributed by atoms with Gasteiger partial charge in [-0.3, -0.25) is 9.59 Å². The molecule has 0 bridgehead atoms.